The first-order valence-corrected chi connectivity index (χ1v) is 12.0. The molecule has 1 N–H and O–H groups in total. The van der Waals surface area contributed by atoms with Crippen molar-refractivity contribution in [3.63, 3.8) is 0 Å². The van der Waals surface area contributed by atoms with Gasteiger partial charge in [0, 0.05) is 11.6 Å². The maximum absolute atomic E-state index is 15.4. The maximum atomic E-state index is 15.4. The van der Waals surface area contributed by atoms with Gasteiger partial charge in [-0.15, -0.1) is 12.1 Å². The Hall–Kier alpha value is -1.99. The number of halogens is 1. The van der Waals surface area contributed by atoms with E-state index in [9.17, 15) is 0 Å². The van der Waals surface area contributed by atoms with Gasteiger partial charge in [-0.2, -0.15) is 6.08 Å². The Morgan fingerprint density at radius 1 is 1.35 bits per heavy atom. The zero-order valence-corrected chi connectivity index (χ0v) is 20.8. The summed E-state index contributed by atoms with van der Waals surface area (Å²) in [5, 5.41) is 0.546. The molecule has 5 heteroatoms. The average Bonchev–Trinajstić information content (AvgIpc) is 2.85. The van der Waals surface area contributed by atoms with Gasteiger partial charge in [-0.25, -0.2) is 10.5 Å². The molecule has 1 aromatic carbocycles. The topological polar surface area (TPSA) is 49.0 Å². The largest absolute Gasteiger partial charge is 1.00 e. The van der Waals surface area contributed by atoms with Crippen LogP contribution in [0, 0.1) is 30.8 Å². The van der Waals surface area contributed by atoms with Crippen molar-refractivity contribution in [2.45, 2.75) is 71.3 Å². The van der Waals surface area contributed by atoms with Crippen LogP contribution in [0.2, 0.25) is 0 Å². The number of allylic oxidation sites excluding steroid dienone is 3. The predicted octanol–water partition coefficient (Wildman–Crippen LogP) is 4.99. The Kier molecular flexibility index (Phi) is 11.5. The molecule has 1 saturated carbocycles. The fraction of sp³-hybridized carbons (Fsp3) is 0.448. The predicted molar refractivity (Wildman–Crippen MR) is 135 cm³/mol. The molecule has 1 aromatic heterocycles. The van der Waals surface area contributed by atoms with E-state index in [-0.39, 0.29) is 37.1 Å². The summed E-state index contributed by atoms with van der Waals surface area (Å²) in [6, 6.07) is 3.56. The minimum atomic E-state index is -0.255. The van der Waals surface area contributed by atoms with E-state index in [4.69, 9.17) is 18.9 Å². The van der Waals surface area contributed by atoms with Crippen LogP contribution in [0.15, 0.2) is 47.2 Å². The van der Waals surface area contributed by atoms with E-state index in [1.165, 1.54) is 18.7 Å². The second-order valence-electron chi connectivity index (χ2n) is 9.03. The minimum Gasteiger partial charge on any atom is -0.674 e. The summed E-state index contributed by atoms with van der Waals surface area (Å²) in [5.74, 6) is 1.07. The number of aryl methyl sites for hydroxylation is 1. The molecule has 1 aliphatic rings. The number of pyridine rings is 1. The van der Waals surface area contributed by atoms with Crippen LogP contribution in [0.3, 0.4) is 0 Å². The van der Waals surface area contributed by atoms with Gasteiger partial charge in [-0.1, -0.05) is 32.9 Å². The number of benzene rings is 1. The number of aromatic nitrogens is 1. The van der Waals surface area contributed by atoms with Gasteiger partial charge in [0.05, 0.1) is 5.52 Å². The van der Waals surface area contributed by atoms with E-state index in [2.05, 4.69) is 30.0 Å². The summed E-state index contributed by atoms with van der Waals surface area (Å²) in [5.41, 5.74) is 12.6. The van der Waals surface area contributed by atoms with Gasteiger partial charge < -0.3 is 17.3 Å². The fourth-order valence-electron chi connectivity index (χ4n) is 5.48. The second kappa shape index (κ2) is 13.8. The molecule has 3 nitrogen and oxygen atoms in total. The van der Waals surface area contributed by atoms with Crippen molar-refractivity contribution in [2.24, 2.45) is 16.8 Å². The van der Waals surface area contributed by atoms with Crippen LogP contribution in [0.4, 0.5) is 4.39 Å². The molecule has 0 bridgehead atoms. The maximum Gasteiger partial charge on any atom is 1.00 e. The molecule has 176 valence electrons. The second-order valence-corrected chi connectivity index (χ2v) is 9.03. The van der Waals surface area contributed by atoms with Crippen LogP contribution in [0.5, 0.6) is 0 Å². The number of hydrogen-bond donors (Lipinski definition) is 0. The Morgan fingerprint density at radius 3 is 2.82 bits per heavy atom. The Labute approximate surface area is 216 Å². The van der Waals surface area contributed by atoms with Crippen molar-refractivity contribution >= 4 is 17.1 Å². The number of fused-ring (bicyclic) bond motifs is 1. The van der Waals surface area contributed by atoms with Gasteiger partial charge in [-0.3, -0.25) is 17.8 Å². The SMILES string of the molecule is [CH-]=C/C=C(\[C-]=NC=[CH-])CCC(C)[C@@H]1CCCC(c2c(C[NH-])c(F)c3cccnc3c2CC)C1.[Li+]. The Balaban J connectivity index is 0.00000408. The summed E-state index contributed by atoms with van der Waals surface area (Å²) < 4.78 is 15.4. The van der Waals surface area contributed by atoms with Gasteiger partial charge >= 0.3 is 18.9 Å². The fourth-order valence-corrected chi connectivity index (χ4v) is 5.48. The van der Waals surface area contributed by atoms with Crippen LogP contribution in [-0.2, 0) is 13.0 Å². The molecule has 0 saturated heterocycles. The average molecular weight is 451 g/mol. The molecular formula is C29H34FLiN3-3. The molecule has 1 fully saturated rings. The van der Waals surface area contributed by atoms with Crippen LogP contribution in [-0.4, -0.2) is 11.2 Å². The molecular weight excluding hydrogens is 416 g/mol. The Bertz CT molecular complexity index is 1040. The molecule has 3 rings (SSSR count). The van der Waals surface area contributed by atoms with Crippen molar-refractivity contribution in [2.75, 3.05) is 0 Å². The molecule has 1 heterocycles. The standard InChI is InChI=1S/C29H34FN3.Li/c1-5-10-21(19-32-7-3)15-14-20(4)22-11-8-12-23(17-22)27-24(6-2)29-25(13-9-16-33-29)28(30)26(27)18-31;/h1,3,5,7,9-10,13,16,20,22-23,31H,6,8,11-12,14-15,17-18H2,2,4H3;/q-4;+1/b21-10-;/t20?,22-,23?;/m1./s1. The van der Waals surface area contributed by atoms with Gasteiger partial charge in [0.2, 0.25) is 0 Å². The van der Waals surface area contributed by atoms with Crippen molar-refractivity contribution in [3.05, 3.63) is 83.7 Å². The summed E-state index contributed by atoms with van der Waals surface area (Å²) in [6.45, 7) is 15.3. The summed E-state index contributed by atoms with van der Waals surface area (Å²) in [7, 11) is 0. The molecule has 1 aliphatic carbocycles. The number of aliphatic imine (C=N–C) groups is 1. The van der Waals surface area contributed by atoms with Gasteiger partial charge in [0.15, 0.2) is 0 Å². The van der Waals surface area contributed by atoms with E-state index in [0.717, 1.165) is 60.7 Å². The molecule has 0 radical (unpaired) electrons. The molecule has 34 heavy (non-hydrogen) atoms. The molecule has 0 spiro atoms. The summed E-state index contributed by atoms with van der Waals surface area (Å²) >= 11 is 0. The first-order chi connectivity index (χ1) is 16.0. The third-order valence-electron chi connectivity index (χ3n) is 7.15. The van der Waals surface area contributed by atoms with E-state index in [1.54, 1.807) is 18.3 Å². The number of nitrogens with zero attached hydrogens (tertiary/aromatic N) is 2. The normalized spacial score (nSPS) is 19.7. The van der Waals surface area contributed by atoms with Gasteiger partial charge in [0.25, 0.3) is 0 Å². The third kappa shape index (κ3) is 6.36. The van der Waals surface area contributed by atoms with Gasteiger partial charge in [0.1, 0.15) is 5.82 Å². The third-order valence-corrected chi connectivity index (χ3v) is 7.15. The van der Waals surface area contributed by atoms with Crippen LogP contribution in [0.1, 0.15) is 75.0 Å². The molecule has 2 aromatic rings. The Morgan fingerprint density at radius 2 is 2.15 bits per heavy atom. The molecule has 2 unspecified atom stereocenters. The molecule has 3 atom stereocenters. The molecule has 0 amide bonds. The van der Waals surface area contributed by atoms with Crippen molar-refractivity contribution in [3.8, 4) is 0 Å². The zero-order valence-electron chi connectivity index (χ0n) is 20.8. The van der Waals surface area contributed by atoms with Crippen molar-refractivity contribution in [1.29, 1.82) is 0 Å². The van der Waals surface area contributed by atoms with Crippen molar-refractivity contribution < 1.29 is 23.3 Å². The monoisotopic (exact) mass is 450 g/mol. The van der Waals surface area contributed by atoms with E-state index in [0.29, 0.717) is 22.8 Å². The van der Waals surface area contributed by atoms with Crippen LogP contribution >= 0.6 is 0 Å². The van der Waals surface area contributed by atoms with Gasteiger partial charge in [-0.05, 0) is 78.7 Å². The minimum absolute atomic E-state index is 0. The first kappa shape index (κ1) is 28.2. The van der Waals surface area contributed by atoms with Crippen LogP contribution in [0.25, 0.3) is 16.6 Å². The number of nitrogens with one attached hydrogen (secondary N) is 1. The zero-order chi connectivity index (χ0) is 23.8. The summed E-state index contributed by atoms with van der Waals surface area (Å²) in [6.07, 6.45) is 16.2. The van der Waals surface area contributed by atoms with E-state index in [1.807, 2.05) is 6.08 Å². The molecule has 0 aliphatic heterocycles. The quantitative estimate of drug-likeness (QED) is 0.218. The van der Waals surface area contributed by atoms with Crippen molar-refractivity contribution in [1.82, 2.24) is 4.98 Å². The van der Waals surface area contributed by atoms with E-state index < -0.39 is 0 Å². The smallest absolute Gasteiger partial charge is 0.674 e. The number of rotatable bonds is 10. The van der Waals surface area contributed by atoms with Crippen LogP contribution < -0.4 is 18.9 Å². The number of hydrogen-bond acceptors (Lipinski definition) is 2. The van der Waals surface area contributed by atoms with E-state index >= 15 is 4.39 Å². The first-order valence-electron chi connectivity index (χ1n) is 12.0. The summed E-state index contributed by atoms with van der Waals surface area (Å²) in [4.78, 5) is 8.44.